The Labute approximate surface area is 102 Å². The van der Waals surface area contributed by atoms with Crippen molar-refractivity contribution in [1.82, 2.24) is 0 Å². The molecule has 0 N–H and O–H groups in total. The van der Waals surface area contributed by atoms with Crippen LogP contribution in [0.4, 0.5) is 0 Å². The zero-order valence-corrected chi connectivity index (χ0v) is 11.5. The smallest absolute Gasteiger partial charge is 0.161 e. The molecule has 0 aliphatic rings. The van der Waals surface area contributed by atoms with Gasteiger partial charge in [0, 0.05) is 4.47 Å². The van der Waals surface area contributed by atoms with Gasteiger partial charge in [-0.3, -0.25) is 4.18 Å². The molecule has 0 saturated heterocycles. The van der Waals surface area contributed by atoms with Gasteiger partial charge in [0.1, 0.15) is 0 Å². The van der Waals surface area contributed by atoms with Gasteiger partial charge in [0.25, 0.3) is 0 Å². The maximum Gasteiger partial charge on any atom is 0.161 e. The van der Waals surface area contributed by atoms with Crippen molar-refractivity contribution >= 4 is 27.0 Å². The third kappa shape index (κ3) is 4.05. The summed E-state index contributed by atoms with van der Waals surface area (Å²) in [5.41, 5.74) is 1.01. The molecule has 1 rings (SSSR count). The van der Waals surface area contributed by atoms with Crippen molar-refractivity contribution in [2.75, 3.05) is 0 Å². The molecule has 0 aromatic heterocycles. The Hall–Kier alpha value is -0.190. The molecule has 1 atom stereocenters. The Morgan fingerprint density at radius 3 is 2.47 bits per heavy atom. The van der Waals surface area contributed by atoms with Crippen molar-refractivity contribution in [2.45, 2.75) is 32.1 Å². The summed E-state index contributed by atoms with van der Waals surface area (Å²) in [5.74, 6) is 0. The van der Waals surface area contributed by atoms with Crippen LogP contribution >= 0.6 is 15.9 Å². The van der Waals surface area contributed by atoms with E-state index in [4.69, 9.17) is 4.18 Å². The number of benzene rings is 1. The number of hydrogen-bond acceptors (Lipinski definition) is 2. The molecule has 2 nitrogen and oxygen atoms in total. The molecule has 0 aliphatic carbocycles. The molecule has 1 aromatic carbocycles. The monoisotopic (exact) mass is 290 g/mol. The minimum atomic E-state index is -1.27. The predicted octanol–water partition coefficient (Wildman–Crippen LogP) is 3.43. The first-order valence-electron chi connectivity index (χ1n) is 4.70. The fraction of sp³-hybridized carbons (Fsp3) is 0.455. The van der Waals surface area contributed by atoms with Crippen LogP contribution in [0.25, 0.3) is 0 Å². The summed E-state index contributed by atoms with van der Waals surface area (Å²) in [6, 6.07) is 7.76. The van der Waals surface area contributed by atoms with Crippen LogP contribution in [-0.4, -0.2) is 8.96 Å². The summed E-state index contributed by atoms with van der Waals surface area (Å²) in [5, 5.41) is 0. The highest BCUT2D eigenvalue weighted by atomic mass is 79.9. The van der Waals surface area contributed by atoms with Crippen LogP contribution in [-0.2, 0) is 21.9 Å². The average molecular weight is 291 g/mol. The largest absolute Gasteiger partial charge is 0.285 e. The van der Waals surface area contributed by atoms with Crippen LogP contribution in [0.3, 0.4) is 0 Å². The second-order valence-electron chi connectivity index (χ2n) is 4.20. The van der Waals surface area contributed by atoms with Gasteiger partial charge in [0.15, 0.2) is 11.1 Å². The van der Waals surface area contributed by atoms with Crippen LogP contribution < -0.4 is 0 Å². The second-order valence-corrected chi connectivity index (χ2v) is 6.98. The highest BCUT2D eigenvalue weighted by molar-refractivity contribution is 9.10. The van der Waals surface area contributed by atoms with Crippen molar-refractivity contribution in [1.29, 1.82) is 0 Å². The Morgan fingerprint density at radius 1 is 1.33 bits per heavy atom. The van der Waals surface area contributed by atoms with E-state index in [-0.39, 0.29) is 4.75 Å². The minimum absolute atomic E-state index is 0.332. The standard InChI is InChI=1S/C11H15BrO2S/c1-11(2,3)15(13)14-8-9-6-4-5-7-10(9)12/h4-7H,8H2,1-3H3. The summed E-state index contributed by atoms with van der Waals surface area (Å²) in [6.07, 6.45) is 0. The van der Waals surface area contributed by atoms with Crippen molar-refractivity contribution in [3.8, 4) is 0 Å². The van der Waals surface area contributed by atoms with Gasteiger partial charge >= 0.3 is 0 Å². The highest BCUT2D eigenvalue weighted by Gasteiger charge is 2.20. The molecule has 0 fully saturated rings. The molecule has 0 bridgehead atoms. The normalized spacial score (nSPS) is 13.9. The lowest BCUT2D eigenvalue weighted by molar-refractivity contribution is 0.325. The van der Waals surface area contributed by atoms with Gasteiger partial charge < -0.3 is 0 Å². The van der Waals surface area contributed by atoms with Gasteiger partial charge in [-0.05, 0) is 32.4 Å². The molecule has 0 heterocycles. The van der Waals surface area contributed by atoms with Crippen LogP contribution in [0, 0.1) is 0 Å². The summed E-state index contributed by atoms with van der Waals surface area (Å²) < 4.78 is 17.6. The van der Waals surface area contributed by atoms with Gasteiger partial charge in [-0.1, -0.05) is 34.1 Å². The molecule has 0 aliphatic heterocycles. The molecule has 1 unspecified atom stereocenters. The van der Waals surface area contributed by atoms with E-state index >= 15 is 0 Å². The molecule has 0 saturated carbocycles. The molecular weight excluding hydrogens is 276 g/mol. The van der Waals surface area contributed by atoms with Gasteiger partial charge in [0.05, 0.1) is 11.4 Å². The first kappa shape index (κ1) is 12.9. The second kappa shape index (κ2) is 5.23. The van der Waals surface area contributed by atoms with Crippen LogP contribution in [0.5, 0.6) is 0 Å². The fourth-order valence-electron chi connectivity index (χ4n) is 0.909. The van der Waals surface area contributed by atoms with Gasteiger partial charge in [-0.25, -0.2) is 4.21 Å². The number of halogens is 1. The minimum Gasteiger partial charge on any atom is -0.285 e. The zero-order valence-electron chi connectivity index (χ0n) is 9.12. The van der Waals surface area contributed by atoms with Crippen LogP contribution in [0.2, 0.25) is 0 Å². The first-order valence-corrected chi connectivity index (χ1v) is 6.56. The molecule has 0 amide bonds. The number of hydrogen-bond donors (Lipinski definition) is 0. The lowest BCUT2D eigenvalue weighted by Gasteiger charge is -2.16. The summed E-state index contributed by atoms with van der Waals surface area (Å²) >= 11 is 2.15. The Kier molecular flexibility index (Phi) is 4.49. The van der Waals surface area contributed by atoms with E-state index in [1.54, 1.807) is 0 Å². The van der Waals surface area contributed by atoms with Crippen molar-refractivity contribution in [3.63, 3.8) is 0 Å². The van der Waals surface area contributed by atoms with E-state index in [0.29, 0.717) is 6.61 Å². The van der Waals surface area contributed by atoms with Crippen LogP contribution in [0.1, 0.15) is 26.3 Å². The molecule has 0 radical (unpaired) electrons. The Balaban J connectivity index is 2.59. The third-order valence-corrected chi connectivity index (χ3v) is 3.88. The van der Waals surface area contributed by atoms with Crippen molar-refractivity contribution < 1.29 is 8.39 Å². The van der Waals surface area contributed by atoms with Crippen LogP contribution in [0.15, 0.2) is 28.7 Å². The van der Waals surface area contributed by atoms with Gasteiger partial charge in [-0.15, -0.1) is 0 Å². The maximum atomic E-state index is 11.6. The molecule has 0 spiro atoms. The summed E-state index contributed by atoms with van der Waals surface area (Å²) in [6.45, 7) is 6.04. The van der Waals surface area contributed by atoms with Gasteiger partial charge in [0.2, 0.25) is 0 Å². The lowest BCUT2D eigenvalue weighted by Crippen LogP contribution is -2.23. The Morgan fingerprint density at radius 2 is 1.93 bits per heavy atom. The first-order chi connectivity index (χ1) is 6.91. The topological polar surface area (TPSA) is 26.3 Å². The predicted molar refractivity (Wildman–Crippen MR) is 66.8 cm³/mol. The molecule has 15 heavy (non-hydrogen) atoms. The van der Waals surface area contributed by atoms with E-state index in [9.17, 15) is 4.21 Å². The summed E-state index contributed by atoms with van der Waals surface area (Å²) in [7, 11) is 0. The average Bonchev–Trinajstić information content (AvgIpc) is 2.14. The van der Waals surface area contributed by atoms with E-state index in [1.807, 2.05) is 45.0 Å². The SMILES string of the molecule is CC(C)(C)S(=O)OCc1ccccc1Br. The van der Waals surface area contributed by atoms with E-state index in [0.717, 1.165) is 10.0 Å². The molecular formula is C11H15BrO2S. The molecule has 4 heteroatoms. The van der Waals surface area contributed by atoms with Gasteiger partial charge in [-0.2, -0.15) is 0 Å². The van der Waals surface area contributed by atoms with E-state index in [2.05, 4.69) is 15.9 Å². The van der Waals surface area contributed by atoms with E-state index < -0.39 is 11.1 Å². The zero-order chi connectivity index (χ0) is 11.5. The highest BCUT2D eigenvalue weighted by Crippen LogP contribution is 2.19. The number of rotatable bonds is 3. The third-order valence-electron chi connectivity index (χ3n) is 1.78. The van der Waals surface area contributed by atoms with Crippen molar-refractivity contribution in [3.05, 3.63) is 34.3 Å². The fourth-order valence-corrected chi connectivity index (χ4v) is 1.90. The maximum absolute atomic E-state index is 11.6. The molecule has 1 aromatic rings. The van der Waals surface area contributed by atoms with Crippen molar-refractivity contribution in [2.24, 2.45) is 0 Å². The Bertz CT molecular complexity index is 358. The van der Waals surface area contributed by atoms with E-state index in [1.165, 1.54) is 0 Å². The quantitative estimate of drug-likeness (QED) is 0.853. The lowest BCUT2D eigenvalue weighted by atomic mass is 10.2. The summed E-state index contributed by atoms with van der Waals surface area (Å²) in [4.78, 5) is 0. The molecule has 84 valence electrons.